The molecule has 0 spiro atoms. The zero-order valence-corrected chi connectivity index (χ0v) is 8.84. The average Bonchev–Trinajstić information content (AvgIpc) is 2.46. The van der Waals surface area contributed by atoms with Crippen LogP contribution < -0.4 is 0 Å². The van der Waals surface area contributed by atoms with Gasteiger partial charge in [0.05, 0.1) is 25.9 Å². The second-order valence-electron chi connectivity index (χ2n) is 3.44. The zero-order chi connectivity index (χ0) is 9.84. The second-order valence-corrected chi connectivity index (χ2v) is 3.90. The van der Waals surface area contributed by atoms with E-state index in [2.05, 4.69) is 0 Å². The van der Waals surface area contributed by atoms with Crippen molar-refractivity contribution in [3.05, 3.63) is 0 Å². The van der Waals surface area contributed by atoms with Crippen molar-refractivity contribution in [3.63, 3.8) is 0 Å². The van der Waals surface area contributed by atoms with E-state index in [-0.39, 0.29) is 18.8 Å². The molecule has 0 unspecified atom stereocenters. The summed E-state index contributed by atoms with van der Waals surface area (Å²) < 4.78 is 10.4. The molecular formula is C9H16O3S. The Hall–Kier alpha value is -0.190. The minimum Gasteiger partial charge on any atom is -0.490 e. The van der Waals surface area contributed by atoms with Gasteiger partial charge in [0.15, 0.2) is 5.05 Å². The average molecular weight is 204 g/mol. The molecule has 3 nitrogen and oxygen atoms in total. The van der Waals surface area contributed by atoms with Gasteiger partial charge in [0, 0.05) is 6.42 Å². The van der Waals surface area contributed by atoms with Crippen LogP contribution in [-0.4, -0.2) is 36.1 Å². The Kier molecular flexibility index (Phi) is 4.09. The minimum atomic E-state index is -0.0666. The maximum Gasteiger partial charge on any atom is 0.159 e. The van der Waals surface area contributed by atoms with Gasteiger partial charge in [-0.2, -0.15) is 0 Å². The third-order valence-corrected chi connectivity index (χ3v) is 2.74. The number of thiocarbonyl (C=S) groups is 1. The summed E-state index contributed by atoms with van der Waals surface area (Å²) >= 11 is 4.97. The lowest BCUT2D eigenvalue weighted by Gasteiger charge is -2.15. The summed E-state index contributed by atoms with van der Waals surface area (Å²) in [5, 5.41) is 9.63. The molecule has 1 fully saturated rings. The molecular weight excluding hydrogens is 188 g/mol. The van der Waals surface area contributed by atoms with E-state index in [1.807, 2.05) is 6.92 Å². The quantitative estimate of drug-likeness (QED) is 0.700. The van der Waals surface area contributed by atoms with Crippen molar-refractivity contribution in [3.8, 4) is 0 Å². The van der Waals surface area contributed by atoms with Crippen LogP contribution in [0.4, 0.5) is 0 Å². The van der Waals surface area contributed by atoms with Crippen molar-refractivity contribution in [1.29, 1.82) is 0 Å². The van der Waals surface area contributed by atoms with Crippen LogP contribution in [0, 0.1) is 5.92 Å². The van der Waals surface area contributed by atoms with E-state index in [1.165, 1.54) is 0 Å². The summed E-state index contributed by atoms with van der Waals surface area (Å²) in [5.74, 6) is 0.312. The topological polar surface area (TPSA) is 38.7 Å². The van der Waals surface area contributed by atoms with Gasteiger partial charge in [0.25, 0.3) is 0 Å². The van der Waals surface area contributed by atoms with E-state index in [0.717, 1.165) is 6.42 Å². The van der Waals surface area contributed by atoms with Crippen molar-refractivity contribution in [2.24, 2.45) is 5.92 Å². The zero-order valence-electron chi connectivity index (χ0n) is 8.03. The van der Waals surface area contributed by atoms with E-state index in [1.54, 1.807) is 7.11 Å². The lowest BCUT2D eigenvalue weighted by atomic mass is 9.97. The van der Waals surface area contributed by atoms with Crippen molar-refractivity contribution >= 4 is 17.3 Å². The van der Waals surface area contributed by atoms with E-state index in [4.69, 9.17) is 26.8 Å². The number of hydrogen-bond acceptors (Lipinski definition) is 4. The Bertz CT molecular complexity index is 184. The lowest BCUT2D eigenvalue weighted by molar-refractivity contribution is 0.00712. The van der Waals surface area contributed by atoms with E-state index in [9.17, 15) is 0 Å². The predicted octanol–water partition coefficient (Wildman–Crippen LogP) is 1.14. The van der Waals surface area contributed by atoms with E-state index < -0.39 is 0 Å². The SMILES string of the molecule is COC(=S)C[C@@H]1C[C@H](C)O[C@@H]1CO. The summed E-state index contributed by atoms with van der Waals surface area (Å²) in [6, 6.07) is 0. The molecule has 0 saturated carbocycles. The number of ether oxygens (including phenoxy) is 2. The van der Waals surface area contributed by atoms with Gasteiger partial charge in [-0.1, -0.05) is 0 Å². The molecule has 0 amide bonds. The van der Waals surface area contributed by atoms with Crippen LogP contribution in [-0.2, 0) is 9.47 Å². The largest absolute Gasteiger partial charge is 0.490 e. The fourth-order valence-corrected chi connectivity index (χ4v) is 1.96. The van der Waals surface area contributed by atoms with Gasteiger partial charge in [-0.25, -0.2) is 0 Å². The van der Waals surface area contributed by atoms with Crippen LogP contribution in [0.3, 0.4) is 0 Å². The summed E-state index contributed by atoms with van der Waals surface area (Å²) in [6.07, 6.45) is 1.82. The van der Waals surface area contributed by atoms with Crippen LogP contribution in [0.5, 0.6) is 0 Å². The van der Waals surface area contributed by atoms with Crippen LogP contribution in [0.15, 0.2) is 0 Å². The van der Waals surface area contributed by atoms with Crippen LogP contribution in [0.1, 0.15) is 19.8 Å². The molecule has 0 aromatic heterocycles. The molecule has 1 rings (SSSR count). The van der Waals surface area contributed by atoms with Crippen LogP contribution in [0.25, 0.3) is 0 Å². The highest BCUT2D eigenvalue weighted by molar-refractivity contribution is 7.80. The molecule has 0 aromatic rings. The maximum atomic E-state index is 9.03. The van der Waals surface area contributed by atoms with Gasteiger partial charge >= 0.3 is 0 Å². The Balaban J connectivity index is 2.43. The van der Waals surface area contributed by atoms with Gasteiger partial charge in [-0.15, -0.1) is 0 Å². The fourth-order valence-electron chi connectivity index (χ4n) is 1.75. The molecule has 0 radical (unpaired) electrons. The molecule has 0 bridgehead atoms. The van der Waals surface area contributed by atoms with Gasteiger partial charge in [0.1, 0.15) is 0 Å². The number of hydrogen-bond donors (Lipinski definition) is 1. The first-order valence-electron chi connectivity index (χ1n) is 4.50. The lowest BCUT2D eigenvalue weighted by Crippen LogP contribution is -2.22. The van der Waals surface area contributed by atoms with Crippen LogP contribution in [0.2, 0.25) is 0 Å². The van der Waals surface area contributed by atoms with E-state index in [0.29, 0.717) is 17.4 Å². The van der Waals surface area contributed by atoms with Crippen LogP contribution >= 0.6 is 12.2 Å². The Morgan fingerprint density at radius 1 is 1.69 bits per heavy atom. The second kappa shape index (κ2) is 4.88. The highest BCUT2D eigenvalue weighted by atomic mass is 32.1. The Labute approximate surface area is 84.0 Å². The van der Waals surface area contributed by atoms with Gasteiger partial charge < -0.3 is 14.6 Å². The fraction of sp³-hybridized carbons (Fsp3) is 0.889. The Morgan fingerprint density at radius 2 is 2.38 bits per heavy atom. The molecule has 1 saturated heterocycles. The molecule has 1 aliphatic heterocycles. The highest BCUT2D eigenvalue weighted by Crippen LogP contribution is 2.29. The molecule has 0 aliphatic carbocycles. The predicted molar refractivity (Wildman–Crippen MR) is 53.8 cm³/mol. The first kappa shape index (κ1) is 10.9. The highest BCUT2D eigenvalue weighted by Gasteiger charge is 2.32. The molecule has 1 N–H and O–H groups in total. The third kappa shape index (κ3) is 2.90. The van der Waals surface area contributed by atoms with Gasteiger partial charge in [0.2, 0.25) is 0 Å². The molecule has 1 heterocycles. The van der Waals surface area contributed by atoms with Crippen molar-refractivity contribution in [1.82, 2.24) is 0 Å². The Morgan fingerprint density at radius 3 is 2.92 bits per heavy atom. The number of aliphatic hydroxyl groups excluding tert-OH is 1. The number of rotatable bonds is 3. The monoisotopic (exact) mass is 204 g/mol. The van der Waals surface area contributed by atoms with Crippen molar-refractivity contribution in [2.45, 2.75) is 32.0 Å². The van der Waals surface area contributed by atoms with Crippen molar-refractivity contribution < 1.29 is 14.6 Å². The smallest absolute Gasteiger partial charge is 0.159 e. The first-order chi connectivity index (χ1) is 6.17. The normalized spacial score (nSPS) is 33.3. The van der Waals surface area contributed by atoms with Crippen molar-refractivity contribution in [2.75, 3.05) is 13.7 Å². The summed E-state index contributed by atoms with van der Waals surface area (Å²) in [6.45, 7) is 2.08. The summed E-state index contributed by atoms with van der Waals surface area (Å²) in [4.78, 5) is 0. The molecule has 1 aliphatic rings. The number of methoxy groups -OCH3 is 1. The first-order valence-corrected chi connectivity index (χ1v) is 4.91. The third-order valence-electron chi connectivity index (χ3n) is 2.40. The molecule has 13 heavy (non-hydrogen) atoms. The molecule has 4 heteroatoms. The maximum absolute atomic E-state index is 9.03. The minimum absolute atomic E-state index is 0.0666. The van der Waals surface area contributed by atoms with Gasteiger partial charge in [-0.05, 0) is 31.5 Å². The standard InChI is InChI=1S/C9H16O3S/c1-6-3-7(4-9(13)11-2)8(5-10)12-6/h6-8,10H,3-5H2,1-2H3/t6-,7-,8+/m0/s1. The number of aliphatic hydroxyl groups is 1. The molecule has 0 aromatic carbocycles. The van der Waals surface area contributed by atoms with Gasteiger partial charge in [-0.3, -0.25) is 0 Å². The molecule has 3 atom stereocenters. The summed E-state index contributed by atoms with van der Waals surface area (Å²) in [5.41, 5.74) is 0. The summed E-state index contributed by atoms with van der Waals surface area (Å²) in [7, 11) is 1.58. The van der Waals surface area contributed by atoms with E-state index >= 15 is 0 Å². The molecule has 76 valence electrons.